The van der Waals surface area contributed by atoms with Crippen LogP contribution in [0.5, 0.6) is 46.0 Å². The zero-order chi connectivity index (χ0) is 68.1. The van der Waals surface area contributed by atoms with E-state index in [4.69, 9.17) is 41.9 Å². The van der Waals surface area contributed by atoms with Crippen molar-refractivity contribution >= 4 is 80.9 Å². The fraction of sp³-hybridized carbons (Fsp3) is 0. The molecule has 1 radical (unpaired) electrons. The van der Waals surface area contributed by atoms with Gasteiger partial charge in [-0.25, -0.2) is 0 Å². The first-order valence-corrected chi connectivity index (χ1v) is 30.3. The van der Waals surface area contributed by atoms with Gasteiger partial charge in [0.05, 0.1) is 11.4 Å². The van der Waals surface area contributed by atoms with E-state index in [1.54, 1.807) is 206 Å². The van der Waals surface area contributed by atoms with Crippen LogP contribution in [0.25, 0.3) is 0 Å². The van der Waals surface area contributed by atoms with Gasteiger partial charge >= 0.3 is 0 Å². The van der Waals surface area contributed by atoms with Gasteiger partial charge in [0.1, 0.15) is 46.0 Å². The second-order valence-electron chi connectivity index (χ2n) is 22.5. The number of anilines is 6. The summed E-state index contributed by atoms with van der Waals surface area (Å²) in [7, 11) is 0. The van der Waals surface area contributed by atoms with E-state index in [1.165, 1.54) is 60.7 Å². The number of carbonyl (C=O) groups is 8. The summed E-state index contributed by atoms with van der Waals surface area (Å²) in [4.78, 5) is 111. The maximum Gasteiger partial charge on any atom is 0.240 e. The molecular formula is C80H52N6O12Y-2. The Labute approximate surface area is 591 Å². The van der Waals surface area contributed by atoms with Crippen molar-refractivity contribution in [3.05, 3.63) is 346 Å². The molecule has 19 heteroatoms. The SMILES string of the molecule is Nc1ccc(Oc2ccc(C(=O)c3cc(C(=O)c4ccc(Oc5ccc(N)cc5)cc4)cc(N4C(=O)c5c[c-]ccc5C4=O)c3)cc2)cc1.Nc1ccc(Oc2ccc(C(=O)c3cc(C(=O)c4ccc(Oc5ccc(N)cc5)cc4)cc(N4C(=O)c5c[c-]ccc5C4=O)c3)cc2)cc1.[Y]. The van der Waals surface area contributed by atoms with Gasteiger partial charge in [-0.15, -0.1) is 0 Å². The number of imide groups is 2. The Morgan fingerprint density at radius 2 is 0.465 bits per heavy atom. The molecule has 8 N–H and O–H groups in total. The molecule has 0 saturated carbocycles. The van der Waals surface area contributed by atoms with Crippen LogP contribution in [-0.4, -0.2) is 46.8 Å². The number of nitrogen functional groups attached to an aromatic ring is 4. The second kappa shape index (κ2) is 28.6. The van der Waals surface area contributed by atoms with Gasteiger partial charge in [-0.2, -0.15) is 48.5 Å². The minimum atomic E-state index is -0.576. The zero-order valence-corrected chi connectivity index (χ0v) is 54.9. The van der Waals surface area contributed by atoms with Crippen LogP contribution in [0.1, 0.15) is 105 Å². The number of ether oxygens (including phenoxy) is 4. The predicted molar refractivity (Wildman–Crippen MR) is 369 cm³/mol. The van der Waals surface area contributed by atoms with Crippen LogP contribution in [-0.2, 0) is 32.7 Å². The summed E-state index contributed by atoms with van der Waals surface area (Å²) in [5.74, 6) is 0.320. The molecule has 0 spiro atoms. The summed E-state index contributed by atoms with van der Waals surface area (Å²) in [6, 6.07) is 76.9. The van der Waals surface area contributed by atoms with E-state index < -0.39 is 46.8 Å². The normalized spacial score (nSPS) is 11.9. The summed E-state index contributed by atoms with van der Waals surface area (Å²) in [6.07, 6.45) is 0. The Morgan fingerprint density at radius 3 is 0.677 bits per heavy atom. The van der Waals surface area contributed by atoms with Gasteiger partial charge in [-0.3, -0.25) is 48.2 Å². The number of rotatable bonds is 18. The van der Waals surface area contributed by atoms with Gasteiger partial charge in [0.2, 0.25) is 23.6 Å². The van der Waals surface area contributed by atoms with Crippen LogP contribution in [0.3, 0.4) is 0 Å². The van der Waals surface area contributed by atoms with Crippen molar-refractivity contribution in [2.24, 2.45) is 0 Å². The van der Waals surface area contributed by atoms with Gasteiger partial charge < -0.3 is 41.9 Å². The summed E-state index contributed by atoms with van der Waals surface area (Å²) in [6.45, 7) is 0. The van der Waals surface area contributed by atoms with Crippen LogP contribution in [0.4, 0.5) is 34.1 Å². The Kier molecular flexibility index (Phi) is 19.1. The molecule has 2 aliphatic rings. The molecule has 0 saturated heterocycles. The zero-order valence-electron chi connectivity index (χ0n) is 52.1. The third-order valence-corrected chi connectivity index (χ3v) is 15.8. The standard InChI is InChI=1S/2C40H26N3O6.Y/c2*41-28-9-17-33(18-10-28)48-31-13-5-24(6-14-31)37(44)26-21-27(23-30(22-26)43-39(46)35-3-1-2-4-36(35)40(43)47)38(45)25-7-15-32(16-8-25)49-34-19-11-29(42)12-20-34;/h2*1,3-23H,41-42H2;/q2*-1;. The van der Waals surface area contributed by atoms with E-state index >= 15 is 0 Å². The van der Waals surface area contributed by atoms with Crippen molar-refractivity contribution < 1.29 is 90.0 Å². The molecule has 0 unspecified atom stereocenters. The Hall–Kier alpha value is -12.9. The van der Waals surface area contributed by atoms with Crippen molar-refractivity contribution in [1.29, 1.82) is 0 Å². The molecule has 12 aromatic rings. The third-order valence-electron chi connectivity index (χ3n) is 15.8. The van der Waals surface area contributed by atoms with E-state index in [0.717, 1.165) is 9.80 Å². The van der Waals surface area contributed by atoms with Crippen molar-refractivity contribution in [2.75, 3.05) is 32.7 Å². The molecule has 2 heterocycles. The molecule has 479 valence electrons. The van der Waals surface area contributed by atoms with Crippen LogP contribution in [0.15, 0.2) is 267 Å². The average molecular weight is 1380 g/mol. The number of nitrogens with zero attached hydrogens (tertiary/aromatic N) is 2. The first-order chi connectivity index (χ1) is 47.5. The maximum atomic E-state index is 13.9. The summed E-state index contributed by atoms with van der Waals surface area (Å²) in [5.41, 5.74) is 28.1. The van der Waals surface area contributed by atoms with Crippen molar-refractivity contribution in [3.63, 3.8) is 0 Å². The molecule has 12 aromatic carbocycles. The van der Waals surface area contributed by atoms with Crippen molar-refractivity contribution in [1.82, 2.24) is 0 Å². The van der Waals surface area contributed by atoms with Crippen LogP contribution in [0.2, 0.25) is 0 Å². The first kappa shape index (κ1) is 66.1. The summed E-state index contributed by atoms with van der Waals surface area (Å²) >= 11 is 0. The van der Waals surface area contributed by atoms with Crippen molar-refractivity contribution in [3.8, 4) is 46.0 Å². The molecule has 4 amide bonds. The van der Waals surface area contributed by atoms with Gasteiger partial charge in [-0.05, 0) is 231 Å². The third kappa shape index (κ3) is 14.5. The Bertz CT molecular complexity index is 4510. The number of ketones is 4. The van der Waals surface area contributed by atoms with Gasteiger partial charge in [0.25, 0.3) is 0 Å². The van der Waals surface area contributed by atoms with E-state index in [1.807, 2.05) is 0 Å². The Balaban J connectivity index is 0.000000186. The van der Waals surface area contributed by atoms with Crippen LogP contribution in [0, 0.1) is 12.1 Å². The molecule has 99 heavy (non-hydrogen) atoms. The van der Waals surface area contributed by atoms with Crippen molar-refractivity contribution in [2.45, 2.75) is 0 Å². The van der Waals surface area contributed by atoms with Gasteiger partial charge in [0.15, 0.2) is 23.1 Å². The number of hydrogen-bond acceptors (Lipinski definition) is 16. The smallest absolute Gasteiger partial charge is 0.240 e. The Morgan fingerprint density at radius 1 is 0.263 bits per heavy atom. The van der Waals surface area contributed by atoms with E-state index in [2.05, 4.69) is 12.1 Å². The first-order valence-electron chi connectivity index (χ1n) is 30.3. The minimum absolute atomic E-state index is 0. The summed E-state index contributed by atoms with van der Waals surface area (Å²) in [5, 5.41) is 0. The molecule has 18 nitrogen and oxygen atoms in total. The number of amides is 4. The van der Waals surface area contributed by atoms with E-state index in [-0.39, 0.29) is 88.6 Å². The van der Waals surface area contributed by atoms with E-state index in [9.17, 15) is 38.4 Å². The molecule has 0 aromatic heterocycles. The molecule has 0 fully saturated rings. The fourth-order valence-corrected chi connectivity index (χ4v) is 10.8. The fourth-order valence-electron chi connectivity index (χ4n) is 10.8. The maximum absolute atomic E-state index is 13.9. The quantitative estimate of drug-likeness (QED) is 0.0269. The minimum Gasteiger partial charge on any atom is -0.457 e. The molecule has 0 atom stereocenters. The largest absolute Gasteiger partial charge is 0.457 e. The number of fused-ring (bicyclic) bond motifs is 2. The van der Waals surface area contributed by atoms with Crippen LogP contribution < -0.4 is 51.7 Å². The summed E-state index contributed by atoms with van der Waals surface area (Å²) < 4.78 is 23.4. The molecule has 2 aliphatic heterocycles. The molecular weight excluding hydrogens is 1330 g/mol. The average Bonchev–Trinajstić information content (AvgIpc) is 1.63. The molecule has 14 rings (SSSR count). The topological polar surface area (TPSA) is 284 Å². The monoisotopic (exact) mass is 1380 g/mol. The number of benzene rings is 12. The second-order valence-corrected chi connectivity index (χ2v) is 22.5. The van der Waals surface area contributed by atoms with Gasteiger partial charge in [-0.1, -0.05) is 22.3 Å². The molecule has 0 bridgehead atoms. The van der Waals surface area contributed by atoms with E-state index in [0.29, 0.717) is 91.0 Å². The molecule has 0 aliphatic carbocycles. The van der Waals surface area contributed by atoms with Crippen LogP contribution >= 0.6 is 0 Å². The number of hydrogen-bond donors (Lipinski definition) is 4. The van der Waals surface area contributed by atoms with Gasteiger partial charge in [0, 0.05) is 100.0 Å². The predicted octanol–water partition coefficient (Wildman–Crippen LogP) is 15.0. The number of carbonyl (C=O) groups excluding carboxylic acids is 8. The number of nitrogens with two attached hydrogens (primary N) is 4.